The number of fused-ring (bicyclic) bond motifs is 1. The summed E-state index contributed by atoms with van der Waals surface area (Å²) < 4.78 is 0. The van der Waals surface area contributed by atoms with Crippen molar-refractivity contribution in [1.82, 2.24) is 9.99 Å². The van der Waals surface area contributed by atoms with Crippen LogP contribution < -0.4 is 5.84 Å². The quantitative estimate of drug-likeness (QED) is 0.493. The maximum Gasteiger partial charge on any atom is 0.284 e. The molecule has 0 saturated heterocycles. The van der Waals surface area contributed by atoms with Crippen molar-refractivity contribution < 1.29 is 4.79 Å². The van der Waals surface area contributed by atoms with Crippen molar-refractivity contribution in [2.45, 2.75) is 38.1 Å². The highest BCUT2D eigenvalue weighted by Gasteiger charge is 2.24. The Hall–Kier alpha value is -1.81. The fraction of sp³-hybridized carbons (Fsp3) is 0.400. The molecule has 0 radical (unpaired) electrons. The zero-order valence-electron chi connectivity index (χ0n) is 10.9. The standard InChI is InChI=1S/C15H19N3O/c16-18(12-7-2-1-3-8-12)15(19)14-10-11-6-4-5-9-13(11)17-14/h4-6,9-10,12,17H,1-3,7-8,16H2. The number of nitrogens with one attached hydrogen (secondary N) is 1. The lowest BCUT2D eigenvalue weighted by atomic mass is 9.95. The first-order chi connectivity index (χ1) is 9.25. The van der Waals surface area contributed by atoms with E-state index in [0.717, 1.165) is 23.7 Å². The first-order valence-corrected chi connectivity index (χ1v) is 6.92. The number of para-hydroxylation sites is 1. The number of H-pyrrole nitrogens is 1. The molecule has 3 N–H and O–H groups in total. The smallest absolute Gasteiger partial charge is 0.284 e. The Balaban J connectivity index is 1.82. The third kappa shape index (κ3) is 2.36. The number of carbonyl (C=O) groups excluding carboxylic acids is 1. The molecule has 0 spiro atoms. The Morgan fingerprint density at radius 3 is 2.68 bits per heavy atom. The van der Waals surface area contributed by atoms with Gasteiger partial charge in [-0.15, -0.1) is 0 Å². The Morgan fingerprint density at radius 2 is 1.95 bits per heavy atom. The van der Waals surface area contributed by atoms with Gasteiger partial charge in [-0.2, -0.15) is 0 Å². The van der Waals surface area contributed by atoms with Crippen LogP contribution in [-0.4, -0.2) is 21.9 Å². The van der Waals surface area contributed by atoms with Gasteiger partial charge in [-0.25, -0.2) is 5.84 Å². The van der Waals surface area contributed by atoms with E-state index in [2.05, 4.69) is 4.98 Å². The molecule has 1 aliphatic rings. The summed E-state index contributed by atoms with van der Waals surface area (Å²) in [6.07, 6.45) is 5.62. The zero-order valence-corrected chi connectivity index (χ0v) is 10.9. The van der Waals surface area contributed by atoms with Gasteiger partial charge in [0, 0.05) is 16.9 Å². The van der Waals surface area contributed by atoms with Gasteiger partial charge in [0.2, 0.25) is 0 Å². The maximum atomic E-state index is 12.4. The van der Waals surface area contributed by atoms with Gasteiger partial charge >= 0.3 is 0 Å². The molecule has 4 nitrogen and oxygen atoms in total. The van der Waals surface area contributed by atoms with Crippen LogP contribution in [0, 0.1) is 0 Å². The third-order valence-corrected chi connectivity index (χ3v) is 3.96. The van der Waals surface area contributed by atoms with E-state index in [9.17, 15) is 4.79 Å². The second-order valence-corrected chi connectivity index (χ2v) is 5.27. The minimum absolute atomic E-state index is 0.108. The molecule has 0 unspecified atom stereocenters. The fourth-order valence-corrected chi connectivity index (χ4v) is 2.85. The predicted molar refractivity (Wildman–Crippen MR) is 75.5 cm³/mol. The summed E-state index contributed by atoms with van der Waals surface area (Å²) >= 11 is 0. The number of nitrogens with two attached hydrogens (primary N) is 1. The van der Waals surface area contributed by atoms with Crippen molar-refractivity contribution in [3.8, 4) is 0 Å². The molecule has 19 heavy (non-hydrogen) atoms. The first-order valence-electron chi connectivity index (χ1n) is 6.92. The van der Waals surface area contributed by atoms with Gasteiger partial charge in [-0.1, -0.05) is 37.5 Å². The molecular weight excluding hydrogens is 238 g/mol. The van der Waals surface area contributed by atoms with Crippen LogP contribution in [-0.2, 0) is 0 Å². The molecule has 4 heteroatoms. The summed E-state index contributed by atoms with van der Waals surface area (Å²) in [6, 6.07) is 9.94. The summed E-state index contributed by atoms with van der Waals surface area (Å²) in [4.78, 5) is 15.5. The molecule has 3 rings (SSSR count). The van der Waals surface area contributed by atoms with Crippen LogP contribution in [0.5, 0.6) is 0 Å². The van der Waals surface area contributed by atoms with Gasteiger partial charge in [0.25, 0.3) is 5.91 Å². The van der Waals surface area contributed by atoms with Crippen molar-refractivity contribution in [3.05, 3.63) is 36.0 Å². The van der Waals surface area contributed by atoms with Crippen LogP contribution in [0.15, 0.2) is 30.3 Å². The molecule has 1 saturated carbocycles. The zero-order chi connectivity index (χ0) is 13.2. The number of hydrogen-bond donors (Lipinski definition) is 2. The molecule has 1 heterocycles. The van der Waals surface area contributed by atoms with Crippen LogP contribution in [0.3, 0.4) is 0 Å². The van der Waals surface area contributed by atoms with Gasteiger partial charge in [0.05, 0.1) is 0 Å². The second-order valence-electron chi connectivity index (χ2n) is 5.27. The summed E-state index contributed by atoms with van der Waals surface area (Å²) in [5, 5.41) is 2.46. The molecule has 0 aliphatic heterocycles. The Morgan fingerprint density at radius 1 is 1.21 bits per heavy atom. The van der Waals surface area contributed by atoms with Crippen LogP contribution in [0.2, 0.25) is 0 Å². The summed E-state index contributed by atoms with van der Waals surface area (Å²) in [5.74, 6) is 5.90. The highest BCUT2D eigenvalue weighted by atomic mass is 16.2. The van der Waals surface area contributed by atoms with Gasteiger partial charge in [-0.05, 0) is 25.0 Å². The number of amides is 1. The maximum absolute atomic E-state index is 12.4. The molecule has 1 aliphatic carbocycles. The summed E-state index contributed by atoms with van der Waals surface area (Å²) in [7, 11) is 0. The lowest BCUT2D eigenvalue weighted by Gasteiger charge is -2.30. The molecule has 1 aromatic carbocycles. The molecular formula is C15H19N3O. The SMILES string of the molecule is NN(C(=O)c1cc2ccccc2[nH]1)C1CCCCC1. The van der Waals surface area contributed by atoms with E-state index in [1.807, 2.05) is 30.3 Å². The van der Waals surface area contributed by atoms with Crippen molar-refractivity contribution >= 4 is 16.8 Å². The number of benzene rings is 1. The molecule has 0 atom stereocenters. The molecule has 1 fully saturated rings. The van der Waals surface area contributed by atoms with E-state index < -0.39 is 0 Å². The highest BCUT2D eigenvalue weighted by molar-refractivity contribution is 5.97. The van der Waals surface area contributed by atoms with Gasteiger partial charge < -0.3 is 4.98 Å². The predicted octanol–water partition coefficient (Wildman–Crippen LogP) is 2.82. The molecule has 0 bridgehead atoms. The topological polar surface area (TPSA) is 62.1 Å². The number of carbonyl (C=O) groups is 1. The average Bonchev–Trinajstić information content (AvgIpc) is 2.90. The molecule has 1 aromatic heterocycles. The number of hydrogen-bond acceptors (Lipinski definition) is 2. The third-order valence-electron chi connectivity index (χ3n) is 3.96. The van der Waals surface area contributed by atoms with E-state index >= 15 is 0 Å². The molecule has 1 amide bonds. The van der Waals surface area contributed by atoms with E-state index in [4.69, 9.17) is 5.84 Å². The Labute approximate surface area is 112 Å². The Kier molecular flexibility index (Phi) is 3.25. The number of aromatic amines is 1. The van der Waals surface area contributed by atoms with Crippen molar-refractivity contribution in [3.63, 3.8) is 0 Å². The number of nitrogens with zero attached hydrogens (tertiary/aromatic N) is 1. The van der Waals surface area contributed by atoms with Gasteiger partial charge in [0.1, 0.15) is 5.69 Å². The minimum atomic E-state index is -0.108. The minimum Gasteiger partial charge on any atom is -0.350 e. The van der Waals surface area contributed by atoms with Crippen LogP contribution in [0.1, 0.15) is 42.6 Å². The first kappa shape index (κ1) is 12.2. The van der Waals surface area contributed by atoms with Gasteiger partial charge in [-0.3, -0.25) is 9.80 Å². The van der Waals surface area contributed by atoms with E-state index in [1.165, 1.54) is 24.3 Å². The molecule has 100 valence electrons. The van der Waals surface area contributed by atoms with Crippen LogP contribution in [0.25, 0.3) is 10.9 Å². The molecule has 2 aromatic rings. The second kappa shape index (κ2) is 5.05. The van der Waals surface area contributed by atoms with Crippen LogP contribution >= 0.6 is 0 Å². The van der Waals surface area contributed by atoms with Crippen molar-refractivity contribution in [1.29, 1.82) is 0 Å². The number of hydrazine groups is 1. The van der Waals surface area contributed by atoms with E-state index in [0.29, 0.717) is 5.69 Å². The largest absolute Gasteiger partial charge is 0.350 e. The summed E-state index contributed by atoms with van der Waals surface area (Å²) in [6.45, 7) is 0. The Bertz CT molecular complexity index is 551. The normalized spacial score (nSPS) is 16.7. The fourth-order valence-electron chi connectivity index (χ4n) is 2.85. The van der Waals surface area contributed by atoms with Crippen LogP contribution in [0.4, 0.5) is 0 Å². The lowest BCUT2D eigenvalue weighted by molar-refractivity contribution is 0.0628. The van der Waals surface area contributed by atoms with E-state index in [1.54, 1.807) is 0 Å². The lowest BCUT2D eigenvalue weighted by Crippen LogP contribution is -2.46. The van der Waals surface area contributed by atoms with E-state index in [-0.39, 0.29) is 11.9 Å². The van der Waals surface area contributed by atoms with Crippen molar-refractivity contribution in [2.24, 2.45) is 5.84 Å². The van der Waals surface area contributed by atoms with Gasteiger partial charge in [0.15, 0.2) is 0 Å². The highest BCUT2D eigenvalue weighted by Crippen LogP contribution is 2.22. The van der Waals surface area contributed by atoms with Crippen molar-refractivity contribution in [2.75, 3.05) is 0 Å². The average molecular weight is 257 g/mol. The number of aromatic nitrogens is 1. The monoisotopic (exact) mass is 257 g/mol. The summed E-state index contributed by atoms with van der Waals surface area (Å²) in [5.41, 5.74) is 1.55. The number of rotatable bonds is 2.